The van der Waals surface area contributed by atoms with Gasteiger partial charge in [-0.2, -0.15) is 4.98 Å². The Morgan fingerprint density at radius 3 is 2.54 bits per heavy atom. The number of amides is 1. The predicted molar refractivity (Wildman–Crippen MR) is 190 cm³/mol. The van der Waals surface area contributed by atoms with Crippen LogP contribution in [0.1, 0.15) is 66.2 Å². The minimum Gasteiger partial charge on any atom is -0.475 e. The van der Waals surface area contributed by atoms with E-state index in [-0.39, 0.29) is 47.3 Å². The molecule has 5 heterocycles. The van der Waals surface area contributed by atoms with Crippen molar-refractivity contribution in [1.82, 2.24) is 24.8 Å². The molecule has 0 radical (unpaired) electrons. The Kier molecular flexibility index (Phi) is 9.69. The topological polar surface area (TPSA) is 140 Å². The number of aryl methyl sites for hydroxylation is 2. The second-order valence-corrected chi connectivity index (χ2v) is 15.3. The van der Waals surface area contributed by atoms with Crippen molar-refractivity contribution in [1.29, 1.82) is 0 Å². The fourth-order valence-corrected chi connectivity index (χ4v) is 8.29. The van der Waals surface area contributed by atoms with Gasteiger partial charge < -0.3 is 19.3 Å². The van der Waals surface area contributed by atoms with Crippen molar-refractivity contribution in [3.63, 3.8) is 0 Å². The molecule has 2 fully saturated rings. The number of carbonyl (C=O) groups is 1. The molecule has 1 amide bonds. The molecule has 12 nitrogen and oxygen atoms in total. The zero-order valence-electron chi connectivity index (χ0n) is 28.7. The molecule has 4 bridgehead atoms. The van der Waals surface area contributed by atoms with Gasteiger partial charge in [-0.05, 0) is 88.1 Å². The van der Waals surface area contributed by atoms with Crippen molar-refractivity contribution >= 4 is 27.7 Å². The monoisotopic (exact) mass is 697 g/mol. The molecule has 3 aliphatic rings. The van der Waals surface area contributed by atoms with E-state index in [2.05, 4.69) is 31.5 Å². The summed E-state index contributed by atoms with van der Waals surface area (Å²) in [5, 5.41) is 0. The van der Waals surface area contributed by atoms with Crippen LogP contribution in [0, 0.1) is 19.8 Å². The van der Waals surface area contributed by atoms with Gasteiger partial charge in [-0.3, -0.25) is 9.78 Å². The first-order chi connectivity index (χ1) is 24.1. The summed E-state index contributed by atoms with van der Waals surface area (Å²) >= 11 is 0. The number of hydrogen-bond donors (Lipinski definition) is 1. The predicted octanol–water partition coefficient (Wildman–Crippen LogP) is 5.56. The summed E-state index contributed by atoms with van der Waals surface area (Å²) in [4.78, 5) is 37.2. The fourth-order valence-electron chi connectivity index (χ4n) is 7.30. The van der Waals surface area contributed by atoms with Gasteiger partial charge >= 0.3 is 0 Å². The van der Waals surface area contributed by atoms with Crippen molar-refractivity contribution in [3.05, 3.63) is 83.3 Å². The maximum atomic E-state index is 14.6. The Morgan fingerprint density at radius 1 is 0.960 bits per heavy atom. The van der Waals surface area contributed by atoms with Crippen LogP contribution in [-0.4, -0.2) is 77.6 Å². The van der Waals surface area contributed by atoms with E-state index in [0.29, 0.717) is 30.5 Å². The number of ether oxygens (including phenoxy) is 2. The molecule has 3 atom stereocenters. The number of nitrogens with zero attached hydrogens (tertiary/aromatic N) is 6. The molecule has 0 saturated carbocycles. The standard InChI is InChI=1S/C37H43N7O5S/c1-24-8-4-9-25(2)35(24)32-18-34-41-37(40-32)42-50(46,47)31-13-5-12-28(17-31)36(45)44(30(23-49-34)16-27-11-7-15-48-22-27)21-29-19-38-20-33(39-29)43-14-6-10-26(43)3/h4-5,8-9,12-13,17-20,26-27,30H,6-7,10-11,14-16,21-23H2,1-3H3,(H,40,41,42)/t26-,27-,30-/m1/s1. The number of benzene rings is 2. The zero-order valence-corrected chi connectivity index (χ0v) is 29.5. The molecule has 0 spiro atoms. The fraction of sp³-hybridized carbons (Fsp3) is 0.432. The molecule has 0 aliphatic carbocycles. The molecular weight excluding hydrogens is 655 g/mol. The number of anilines is 2. The summed E-state index contributed by atoms with van der Waals surface area (Å²) in [7, 11) is -4.18. The van der Waals surface area contributed by atoms with Gasteiger partial charge in [-0.25, -0.2) is 23.1 Å². The summed E-state index contributed by atoms with van der Waals surface area (Å²) < 4.78 is 42.4. The largest absolute Gasteiger partial charge is 0.475 e. The average Bonchev–Trinajstić information content (AvgIpc) is 3.54. The highest BCUT2D eigenvalue weighted by Gasteiger charge is 2.32. The summed E-state index contributed by atoms with van der Waals surface area (Å²) in [6, 6.07) is 13.7. The SMILES string of the molecule is Cc1cccc(C)c1-c1cc2nc(n1)NS(=O)(=O)c1cccc(c1)C(=O)N(Cc1cncc(N3CCC[C@H]3C)n1)[C@H](C[C@H]1CCCOC1)CO2. The van der Waals surface area contributed by atoms with E-state index in [9.17, 15) is 13.2 Å². The summed E-state index contributed by atoms with van der Waals surface area (Å²) in [5.41, 5.74) is 4.22. The third-order valence-corrected chi connectivity index (χ3v) is 11.2. The minimum atomic E-state index is -4.18. The number of hydrogen-bond acceptors (Lipinski definition) is 10. The Balaban J connectivity index is 1.33. The number of nitrogens with one attached hydrogen (secondary N) is 1. The Morgan fingerprint density at radius 2 is 1.78 bits per heavy atom. The highest BCUT2D eigenvalue weighted by atomic mass is 32.2. The number of sulfonamides is 1. The Bertz CT molecular complexity index is 1960. The molecule has 0 unspecified atom stereocenters. The third kappa shape index (κ3) is 7.29. The van der Waals surface area contributed by atoms with Crippen molar-refractivity contribution in [2.75, 3.05) is 36.0 Å². The number of fused-ring (bicyclic) bond motifs is 4. The van der Waals surface area contributed by atoms with Gasteiger partial charge in [0.1, 0.15) is 12.4 Å². The zero-order chi connectivity index (χ0) is 34.8. The van der Waals surface area contributed by atoms with Crippen LogP contribution in [0.5, 0.6) is 5.88 Å². The third-order valence-electron chi connectivity index (χ3n) is 9.89. The van der Waals surface area contributed by atoms with Gasteiger partial charge in [-0.15, -0.1) is 0 Å². The first-order valence-corrected chi connectivity index (χ1v) is 18.8. The van der Waals surface area contributed by atoms with Crippen molar-refractivity contribution in [2.24, 2.45) is 5.92 Å². The van der Waals surface area contributed by atoms with E-state index in [1.807, 2.05) is 32.0 Å². The second kappa shape index (κ2) is 14.3. The van der Waals surface area contributed by atoms with Crippen LogP contribution < -0.4 is 14.4 Å². The highest BCUT2D eigenvalue weighted by molar-refractivity contribution is 7.92. The van der Waals surface area contributed by atoms with Crippen LogP contribution in [0.4, 0.5) is 11.8 Å². The summed E-state index contributed by atoms with van der Waals surface area (Å²) in [6.45, 7) is 8.62. The van der Waals surface area contributed by atoms with Crippen LogP contribution in [0.3, 0.4) is 0 Å². The average molecular weight is 698 g/mol. The molecule has 13 heteroatoms. The molecule has 2 saturated heterocycles. The normalized spacial score (nSPS) is 22.1. The smallest absolute Gasteiger partial charge is 0.264 e. The minimum absolute atomic E-state index is 0.0758. The van der Waals surface area contributed by atoms with Gasteiger partial charge in [-0.1, -0.05) is 24.3 Å². The molecule has 4 aromatic rings. The van der Waals surface area contributed by atoms with Crippen LogP contribution in [0.2, 0.25) is 0 Å². The quantitative estimate of drug-likeness (QED) is 0.272. The first kappa shape index (κ1) is 33.9. The van der Waals surface area contributed by atoms with E-state index >= 15 is 0 Å². The maximum Gasteiger partial charge on any atom is 0.264 e. The van der Waals surface area contributed by atoms with Gasteiger partial charge in [0.15, 0.2) is 0 Å². The van der Waals surface area contributed by atoms with Crippen molar-refractivity contribution in [2.45, 2.75) is 76.4 Å². The Labute approximate surface area is 293 Å². The lowest BCUT2D eigenvalue weighted by Crippen LogP contribution is -2.45. The molecule has 2 aromatic heterocycles. The number of carbonyl (C=O) groups excluding carboxylic acids is 1. The lowest BCUT2D eigenvalue weighted by atomic mass is 9.93. The van der Waals surface area contributed by atoms with E-state index in [0.717, 1.165) is 61.3 Å². The van der Waals surface area contributed by atoms with Crippen LogP contribution in [0.25, 0.3) is 11.3 Å². The maximum absolute atomic E-state index is 14.6. The number of rotatable bonds is 6. The van der Waals surface area contributed by atoms with E-state index < -0.39 is 16.1 Å². The van der Waals surface area contributed by atoms with Crippen molar-refractivity contribution < 1.29 is 22.7 Å². The molecule has 50 heavy (non-hydrogen) atoms. The van der Waals surface area contributed by atoms with Crippen LogP contribution in [0.15, 0.2) is 65.8 Å². The molecule has 3 aliphatic heterocycles. The van der Waals surface area contributed by atoms with Gasteiger partial charge in [0, 0.05) is 43.0 Å². The van der Waals surface area contributed by atoms with Crippen molar-refractivity contribution in [3.8, 4) is 17.1 Å². The molecule has 2 aromatic carbocycles. The molecular formula is C37H43N7O5S. The van der Waals surface area contributed by atoms with E-state index in [1.54, 1.807) is 35.5 Å². The lowest BCUT2D eigenvalue weighted by Gasteiger charge is -2.35. The summed E-state index contributed by atoms with van der Waals surface area (Å²) in [6.07, 6.45) is 8.15. The summed E-state index contributed by atoms with van der Waals surface area (Å²) in [5.74, 6) is 0.732. The highest BCUT2D eigenvalue weighted by Crippen LogP contribution is 2.31. The van der Waals surface area contributed by atoms with Gasteiger partial charge in [0.05, 0.1) is 41.3 Å². The van der Waals surface area contributed by atoms with E-state index in [4.69, 9.17) is 14.5 Å². The van der Waals surface area contributed by atoms with Gasteiger partial charge in [0.25, 0.3) is 15.9 Å². The van der Waals surface area contributed by atoms with E-state index in [1.165, 1.54) is 12.1 Å². The molecule has 7 rings (SSSR count). The second-order valence-electron chi connectivity index (χ2n) is 13.6. The molecule has 262 valence electrons. The van der Waals surface area contributed by atoms with Gasteiger partial charge in [0.2, 0.25) is 11.8 Å². The molecule has 1 N–H and O–H groups in total. The van der Waals surface area contributed by atoms with Crippen LogP contribution >= 0.6 is 0 Å². The number of aromatic nitrogens is 4. The first-order valence-electron chi connectivity index (χ1n) is 17.3. The van der Waals surface area contributed by atoms with Crippen LogP contribution in [-0.2, 0) is 21.3 Å². The Hall–Kier alpha value is -4.62. The lowest BCUT2D eigenvalue weighted by molar-refractivity contribution is 0.0250.